The van der Waals surface area contributed by atoms with Gasteiger partial charge in [-0.1, -0.05) is 0 Å². The first-order valence-corrected chi connectivity index (χ1v) is 11.8. The summed E-state index contributed by atoms with van der Waals surface area (Å²) in [7, 11) is 0. The molecule has 3 aliphatic rings. The van der Waals surface area contributed by atoms with Crippen LogP contribution in [-0.4, -0.2) is 37.0 Å². The number of rotatable bonds is 2. The van der Waals surface area contributed by atoms with Crippen molar-refractivity contribution in [1.82, 2.24) is 4.90 Å². The van der Waals surface area contributed by atoms with Gasteiger partial charge in [-0.2, -0.15) is 0 Å². The Morgan fingerprint density at radius 1 is 0.964 bits per heavy atom. The number of amides is 1. The molecule has 146 valence electrons. The number of anilines is 1. The first kappa shape index (κ1) is 18.3. The van der Waals surface area contributed by atoms with E-state index in [-0.39, 0.29) is 11.7 Å². The van der Waals surface area contributed by atoms with Crippen molar-refractivity contribution in [2.45, 2.75) is 31.4 Å². The Balaban J connectivity index is 1.27. The molecule has 3 heterocycles. The molecule has 0 unspecified atom stereocenters. The van der Waals surface area contributed by atoms with Crippen molar-refractivity contribution in [3.63, 3.8) is 0 Å². The quantitative estimate of drug-likeness (QED) is 0.712. The minimum Gasteiger partial charge on any atom is -0.368 e. The minimum absolute atomic E-state index is 0.167. The van der Waals surface area contributed by atoms with Crippen LogP contribution in [0, 0.1) is 5.82 Å². The number of hydrogen-bond donors (Lipinski definition) is 0. The van der Waals surface area contributed by atoms with Crippen molar-refractivity contribution >= 4 is 40.8 Å². The van der Waals surface area contributed by atoms with Crippen molar-refractivity contribution < 1.29 is 9.18 Å². The molecule has 0 bridgehead atoms. The van der Waals surface area contributed by atoms with Crippen molar-refractivity contribution in [3.8, 4) is 0 Å². The van der Waals surface area contributed by atoms with E-state index in [1.807, 2.05) is 28.4 Å². The summed E-state index contributed by atoms with van der Waals surface area (Å²) >= 11 is 3.61. The molecule has 1 aliphatic carbocycles. The predicted molar refractivity (Wildman–Crippen MR) is 115 cm³/mol. The molecule has 0 N–H and O–H groups in total. The van der Waals surface area contributed by atoms with Crippen molar-refractivity contribution in [2.24, 2.45) is 0 Å². The highest BCUT2D eigenvalue weighted by Gasteiger charge is 2.28. The van der Waals surface area contributed by atoms with Gasteiger partial charge < -0.3 is 9.80 Å². The van der Waals surface area contributed by atoms with Gasteiger partial charge in [0.1, 0.15) is 5.82 Å². The largest absolute Gasteiger partial charge is 0.368 e. The van der Waals surface area contributed by atoms with Crippen LogP contribution in [0.4, 0.5) is 10.1 Å². The molecule has 1 saturated heterocycles. The Labute approximate surface area is 173 Å². The van der Waals surface area contributed by atoms with E-state index in [1.165, 1.54) is 48.3 Å². The highest BCUT2D eigenvalue weighted by molar-refractivity contribution is 8.03. The number of benzene rings is 1. The molecule has 28 heavy (non-hydrogen) atoms. The highest BCUT2D eigenvalue weighted by Crippen LogP contribution is 2.43. The maximum absolute atomic E-state index is 13.1. The van der Waals surface area contributed by atoms with Gasteiger partial charge in [0.25, 0.3) is 5.91 Å². The van der Waals surface area contributed by atoms with Gasteiger partial charge in [-0.25, -0.2) is 4.39 Å². The Morgan fingerprint density at radius 3 is 2.50 bits per heavy atom. The molecular weight excluding hydrogens is 391 g/mol. The number of nitrogens with zero attached hydrogens (tertiary/aromatic N) is 2. The van der Waals surface area contributed by atoms with Gasteiger partial charge in [-0.05, 0) is 67.2 Å². The fourth-order valence-corrected chi connectivity index (χ4v) is 6.94. The lowest BCUT2D eigenvalue weighted by Gasteiger charge is -2.36. The average molecular weight is 415 g/mol. The van der Waals surface area contributed by atoms with E-state index in [9.17, 15) is 9.18 Å². The van der Waals surface area contributed by atoms with Crippen LogP contribution in [0.15, 0.2) is 29.2 Å². The number of hydrogen-bond acceptors (Lipinski definition) is 4. The molecule has 6 heteroatoms. The first-order valence-electron chi connectivity index (χ1n) is 9.97. The molecule has 1 aromatic carbocycles. The predicted octanol–water partition coefficient (Wildman–Crippen LogP) is 4.70. The zero-order valence-electron chi connectivity index (χ0n) is 15.7. The molecular formula is C22H23FN2OS2. The van der Waals surface area contributed by atoms with Crippen LogP contribution >= 0.6 is 23.1 Å². The highest BCUT2D eigenvalue weighted by atomic mass is 32.2. The van der Waals surface area contributed by atoms with Crippen LogP contribution in [0.1, 0.15) is 33.7 Å². The molecule has 2 aromatic rings. The van der Waals surface area contributed by atoms with Crippen LogP contribution in [-0.2, 0) is 23.4 Å². The minimum atomic E-state index is -0.214. The average Bonchev–Trinajstić information content (AvgIpc) is 3.12. The molecule has 1 fully saturated rings. The van der Waals surface area contributed by atoms with Crippen LogP contribution < -0.4 is 4.90 Å². The normalized spacial score (nSPS) is 19.1. The zero-order chi connectivity index (χ0) is 19.1. The third kappa shape index (κ3) is 3.37. The number of thioether (sulfide) groups is 1. The maximum Gasteiger partial charge on any atom is 0.260 e. The van der Waals surface area contributed by atoms with Crippen molar-refractivity contribution in [2.75, 3.05) is 31.1 Å². The standard InChI is InChI=1S/C22H23FN2OS2/c23-15-5-7-16(8-6-15)24-9-11-25(12-10-24)22(26)21-13-20-18(14-27-21)17-3-1-2-4-19(17)28-20/h5-8,13H,1-4,9-12,14H2. The lowest BCUT2D eigenvalue weighted by molar-refractivity contribution is -0.126. The molecule has 0 atom stereocenters. The summed E-state index contributed by atoms with van der Waals surface area (Å²) in [5, 5.41) is 0. The second-order valence-electron chi connectivity index (χ2n) is 7.61. The maximum atomic E-state index is 13.1. The van der Waals surface area contributed by atoms with Gasteiger partial charge in [0.15, 0.2) is 0 Å². The van der Waals surface area contributed by atoms with E-state index in [1.54, 1.807) is 22.2 Å². The zero-order valence-corrected chi connectivity index (χ0v) is 17.4. The SMILES string of the molecule is O=C(C1=Cc2sc3c(c2CS1)CCCC3)N1CCN(c2ccc(F)cc2)CC1. The van der Waals surface area contributed by atoms with Crippen LogP contribution in [0.25, 0.3) is 6.08 Å². The van der Waals surface area contributed by atoms with E-state index in [4.69, 9.17) is 0 Å². The monoisotopic (exact) mass is 414 g/mol. The van der Waals surface area contributed by atoms with Crippen LogP contribution in [0.3, 0.4) is 0 Å². The number of aryl methyl sites for hydroxylation is 1. The second-order valence-corrected chi connectivity index (χ2v) is 9.76. The Kier molecular flexibility index (Phi) is 4.93. The van der Waals surface area contributed by atoms with E-state index in [0.717, 1.165) is 29.4 Å². The third-order valence-electron chi connectivity index (χ3n) is 5.92. The molecule has 0 saturated carbocycles. The molecule has 5 rings (SSSR count). The molecule has 1 amide bonds. The molecule has 1 aromatic heterocycles. The second kappa shape index (κ2) is 7.56. The lowest BCUT2D eigenvalue weighted by Crippen LogP contribution is -2.49. The fraction of sp³-hybridized carbons (Fsp3) is 0.409. The fourth-order valence-electron chi connectivity index (χ4n) is 4.34. The van der Waals surface area contributed by atoms with Crippen LogP contribution in [0.2, 0.25) is 0 Å². The topological polar surface area (TPSA) is 23.6 Å². The summed E-state index contributed by atoms with van der Waals surface area (Å²) < 4.78 is 13.1. The summed E-state index contributed by atoms with van der Waals surface area (Å²) in [5.74, 6) is 0.892. The van der Waals surface area contributed by atoms with Crippen molar-refractivity contribution in [1.29, 1.82) is 0 Å². The number of carbonyl (C=O) groups excluding carboxylic acids is 1. The van der Waals surface area contributed by atoms with Gasteiger partial charge in [0.2, 0.25) is 0 Å². The lowest BCUT2D eigenvalue weighted by atomic mass is 9.95. The van der Waals surface area contributed by atoms with E-state index in [0.29, 0.717) is 13.1 Å². The smallest absolute Gasteiger partial charge is 0.260 e. The summed E-state index contributed by atoms with van der Waals surface area (Å²) in [6.45, 7) is 2.99. The number of carbonyl (C=O) groups is 1. The van der Waals surface area contributed by atoms with Gasteiger partial charge in [-0.15, -0.1) is 23.1 Å². The van der Waals surface area contributed by atoms with Crippen LogP contribution in [0.5, 0.6) is 0 Å². The first-order chi connectivity index (χ1) is 13.7. The molecule has 0 spiro atoms. The van der Waals surface area contributed by atoms with E-state index < -0.39 is 0 Å². The number of halogens is 1. The summed E-state index contributed by atoms with van der Waals surface area (Å²) in [6.07, 6.45) is 7.16. The third-order valence-corrected chi connectivity index (χ3v) is 8.23. The summed E-state index contributed by atoms with van der Waals surface area (Å²) in [4.78, 5) is 21.0. The number of piperazine rings is 1. The van der Waals surface area contributed by atoms with E-state index >= 15 is 0 Å². The summed E-state index contributed by atoms with van der Waals surface area (Å²) in [6, 6.07) is 6.61. The van der Waals surface area contributed by atoms with Gasteiger partial charge in [0, 0.05) is 47.4 Å². The number of thiophene rings is 1. The molecule has 2 aliphatic heterocycles. The molecule has 3 nitrogen and oxygen atoms in total. The van der Waals surface area contributed by atoms with Crippen molar-refractivity contribution in [3.05, 3.63) is 55.9 Å². The summed E-state index contributed by atoms with van der Waals surface area (Å²) in [5.41, 5.74) is 4.09. The van der Waals surface area contributed by atoms with Gasteiger partial charge in [0.05, 0.1) is 4.91 Å². The molecule has 0 radical (unpaired) electrons. The van der Waals surface area contributed by atoms with Gasteiger partial charge >= 0.3 is 0 Å². The Hall–Kier alpha value is -1.79. The Bertz CT molecular complexity index is 927. The Morgan fingerprint density at radius 2 is 1.71 bits per heavy atom. The number of fused-ring (bicyclic) bond motifs is 3. The van der Waals surface area contributed by atoms with Gasteiger partial charge in [-0.3, -0.25) is 4.79 Å². The van der Waals surface area contributed by atoms with E-state index in [2.05, 4.69) is 11.0 Å².